The molecular formula is C24H24BrClN4O6. The molecule has 0 N–H and O–H groups in total. The predicted octanol–water partition coefficient (Wildman–Crippen LogP) is 5.45. The standard InChI is InChI=1S/C24H24BrClN4O6/c1-5-14(4)23-28-19-7-6-16(25)9-18(19)24(32)29(23)27-11-15-8-17(26)10-20(30(33)34)22(15)35-12-21(31)36-13(2)3/h6-11,13-14H,5,12H2,1-4H3/t14-/m0/s1. The molecule has 1 heterocycles. The van der Waals surface area contributed by atoms with Crippen LogP contribution in [0.4, 0.5) is 5.69 Å². The molecule has 0 amide bonds. The average molecular weight is 580 g/mol. The molecule has 0 aliphatic rings. The molecule has 0 saturated carbocycles. The van der Waals surface area contributed by atoms with Crippen LogP contribution in [-0.2, 0) is 9.53 Å². The normalized spacial score (nSPS) is 12.3. The molecule has 0 bridgehead atoms. The lowest BCUT2D eigenvalue weighted by Gasteiger charge is -2.14. The molecule has 190 valence electrons. The van der Waals surface area contributed by atoms with E-state index in [1.54, 1.807) is 32.0 Å². The van der Waals surface area contributed by atoms with Gasteiger partial charge in [0.25, 0.3) is 5.56 Å². The largest absolute Gasteiger partial charge is 0.474 e. The Kier molecular flexibility index (Phi) is 8.80. The second kappa shape index (κ2) is 11.6. The summed E-state index contributed by atoms with van der Waals surface area (Å²) in [5, 5.41) is 16.4. The van der Waals surface area contributed by atoms with Crippen LogP contribution in [0.3, 0.4) is 0 Å². The highest BCUT2D eigenvalue weighted by Gasteiger charge is 2.23. The first-order valence-corrected chi connectivity index (χ1v) is 12.3. The summed E-state index contributed by atoms with van der Waals surface area (Å²) < 4.78 is 12.4. The number of hydrogen-bond donors (Lipinski definition) is 0. The maximum absolute atomic E-state index is 13.3. The lowest BCUT2D eigenvalue weighted by atomic mass is 10.1. The molecule has 0 radical (unpaired) electrons. The van der Waals surface area contributed by atoms with E-state index in [0.717, 1.165) is 10.7 Å². The van der Waals surface area contributed by atoms with Gasteiger partial charge in [-0.25, -0.2) is 9.78 Å². The Morgan fingerprint density at radius 2 is 2.03 bits per heavy atom. The van der Waals surface area contributed by atoms with Gasteiger partial charge >= 0.3 is 11.7 Å². The Morgan fingerprint density at radius 3 is 2.67 bits per heavy atom. The van der Waals surface area contributed by atoms with Crippen molar-refractivity contribution in [2.24, 2.45) is 5.10 Å². The molecule has 1 atom stereocenters. The van der Waals surface area contributed by atoms with Gasteiger partial charge in [0.05, 0.1) is 28.1 Å². The summed E-state index contributed by atoms with van der Waals surface area (Å²) in [6.07, 6.45) is 1.54. The third-order valence-corrected chi connectivity index (χ3v) is 5.87. The zero-order chi connectivity index (χ0) is 26.6. The molecule has 0 saturated heterocycles. The van der Waals surface area contributed by atoms with Crippen LogP contribution < -0.4 is 10.3 Å². The third kappa shape index (κ3) is 6.27. The fraction of sp³-hybridized carbons (Fsp3) is 0.333. The van der Waals surface area contributed by atoms with Crippen molar-refractivity contribution in [3.8, 4) is 5.75 Å². The fourth-order valence-electron chi connectivity index (χ4n) is 3.32. The van der Waals surface area contributed by atoms with Crippen LogP contribution in [-0.4, -0.2) is 39.5 Å². The number of nitro groups is 1. The first kappa shape index (κ1) is 27.3. The van der Waals surface area contributed by atoms with Crippen LogP contribution in [0.2, 0.25) is 5.02 Å². The highest BCUT2D eigenvalue weighted by atomic mass is 79.9. The van der Waals surface area contributed by atoms with Gasteiger partial charge in [-0.15, -0.1) is 0 Å². The van der Waals surface area contributed by atoms with Crippen LogP contribution in [0, 0.1) is 10.1 Å². The van der Waals surface area contributed by atoms with Gasteiger partial charge in [0.1, 0.15) is 5.82 Å². The van der Waals surface area contributed by atoms with Gasteiger partial charge in [0, 0.05) is 27.0 Å². The molecular weight excluding hydrogens is 556 g/mol. The van der Waals surface area contributed by atoms with Crippen LogP contribution >= 0.6 is 27.5 Å². The summed E-state index contributed by atoms with van der Waals surface area (Å²) in [5.74, 6) is -0.619. The van der Waals surface area contributed by atoms with Gasteiger partial charge in [-0.1, -0.05) is 41.4 Å². The van der Waals surface area contributed by atoms with E-state index in [1.165, 1.54) is 12.3 Å². The number of carbonyl (C=O) groups excluding carboxylic acids is 1. The SMILES string of the molecule is CC[C@H](C)c1nc2ccc(Br)cc2c(=O)n1N=Cc1cc(Cl)cc([N+](=O)[O-])c1OCC(=O)OC(C)C. The number of benzene rings is 2. The van der Waals surface area contributed by atoms with Gasteiger partial charge in [0.2, 0.25) is 5.75 Å². The number of carbonyl (C=O) groups is 1. The van der Waals surface area contributed by atoms with Crippen molar-refractivity contribution in [3.63, 3.8) is 0 Å². The van der Waals surface area contributed by atoms with Gasteiger partial charge in [-0.2, -0.15) is 9.78 Å². The summed E-state index contributed by atoms with van der Waals surface area (Å²) in [4.78, 5) is 41.0. The van der Waals surface area contributed by atoms with Crippen LogP contribution in [0.15, 0.2) is 44.7 Å². The van der Waals surface area contributed by atoms with E-state index in [2.05, 4.69) is 26.0 Å². The van der Waals surface area contributed by atoms with Crippen molar-refractivity contribution in [2.75, 3.05) is 6.61 Å². The van der Waals surface area contributed by atoms with E-state index in [0.29, 0.717) is 27.6 Å². The minimum Gasteiger partial charge on any atom is -0.474 e. The van der Waals surface area contributed by atoms with Crippen molar-refractivity contribution < 1.29 is 19.2 Å². The second-order valence-corrected chi connectivity index (χ2v) is 9.58. The van der Waals surface area contributed by atoms with Gasteiger partial charge in [-0.3, -0.25) is 14.9 Å². The van der Waals surface area contributed by atoms with E-state index in [-0.39, 0.29) is 28.4 Å². The highest BCUT2D eigenvalue weighted by Crippen LogP contribution is 2.34. The zero-order valence-corrected chi connectivity index (χ0v) is 22.4. The fourth-order valence-corrected chi connectivity index (χ4v) is 3.90. The molecule has 2 aromatic carbocycles. The van der Waals surface area contributed by atoms with Crippen molar-refractivity contribution in [1.29, 1.82) is 0 Å². The summed E-state index contributed by atoms with van der Waals surface area (Å²) in [6.45, 7) is 6.65. The predicted molar refractivity (Wildman–Crippen MR) is 140 cm³/mol. The summed E-state index contributed by atoms with van der Waals surface area (Å²) in [5.41, 5.74) is -0.248. The van der Waals surface area contributed by atoms with Gasteiger partial charge < -0.3 is 9.47 Å². The molecule has 0 spiro atoms. The maximum atomic E-state index is 13.3. The Morgan fingerprint density at radius 1 is 1.31 bits per heavy atom. The Balaban J connectivity index is 2.15. The molecule has 3 rings (SSSR count). The van der Waals surface area contributed by atoms with Crippen molar-refractivity contribution in [1.82, 2.24) is 9.66 Å². The number of aromatic nitrogens is 2. The monoisotopic (exact) mass is 578 g/mol. The molecule has 0 unspecified atom stereocenters. The summed E-state index contributed by atoms with van der Waals surface area (Å²) in [7, 11) is 0. The molecule has 0 aliphatic carbocycles. The van der Waals surface area contributed by atoms with E-state index < -0.39 is 28.7 Å². The van der Waals surface area contributed by atoms with Crippen LogP contribution in [0.1, 0.15) is 51.4 Å². The molecule has 12 heteroatoms. The van der Waals surface area contributed by atoms with E-state index >= 15 is 0 Å². The van der Waals surface area contributed by atoms with E-state index in [1.807, 2.05) is 13.8 Å². The number of fused-ring (bicyclic) bond motifs is 1. The quantitative estimate of drug-likeness (QED) is 0.143. The average Bonchev–Trinajstić information content (AvgIpc) is 2.81. The number of ether oxygens (including phenoxy) is 2. The first-order chi connectivity index (χ1) is 17.0. The Bertz CT molecular complexity index is 1410. The summed E-state index contributed by atoms with van der Waals surface area (Å²) in [6, 6.07) is 7.68. The number of halogens is 2. The van der Waals surface area contributed by atoms with Crippen molar-refractivity contribution in [2.45, 2.75) is 46.1 Å². The van der Waals surface area contributed by atoms with E-state index in [9.17, 15) is 19.7 Å². The molecule has 10 nitrogen and oxygen atoms in total. The number of rotatable bonds is 9. The summed E-state index contributed by atoms with van der Waals surface area (Å²) >= 11 is 9.47. The number of hydrogen-bond acceptors (Lipinski definition) is 8. The lowest BCUT2D eigenvalue weighted by molar-refractivity contribution is -0.385. The smallest absolute Gasteiger partial charge is 0.344 e. The van der Waals surface area contributed by atoms with Crippen molar-refractivity contribution >= 4 is 56.3 Å². The zero-order valence-electron chi connectivity index (χ0n) is 20.0. The maximum Gasteiger partial charge on any atom is 0.344 e. The molecule has 0 fully saturated rings. The highest BCUT2D eigenvalue weighted by molar-refractivity contribution is 9.10. The second-order valence-electron chi connectivity index (χ2n) is 8.23. The molecule has 1 aromatic heterocycles. The molecule has 0 aliphatic heterocycles. The molecule has 3 aromatic rings. The van der Waals surface area contributed by atoms with Gasteiger partial charge in [0.15, 0.2) is 6.61 Å². The van der Waals surface area contributed by atoms with Gasteiger partial charge in [-0.05, 0) is 44.5 Å². The number of nitrogens with zero attached hydrogens (tertiary/aromatic N) is 4. The Labute approximate surface area is 220 Å². The topological polar surface area (TPSA) is 126 Å². The lowest BCUT2D eigenvalue weighted by Crippen LogP contribution is -2.24. The molecule has 36 heavy (non-hydrogen) atoms. The van der Waals surface area contributed by atoms with Crippen LogP contribution in [0.5, 0.6) is 5.75 Å². The minimum atomic E-state index is -0.697. The van der Waals surface area contributed by atoms with E-state index in [4.69, 9.17) is 21.1 Å². The number of esters is 1. The van der Waals surface area contributed by atoms with Crippen LogP contribution in [0.25, 0.3) is 10.9 Å². The first-order valence-electron chi connectivity index (χ1n) is 11.1. The minimum absolute atomic E-state index is 0.0512. The Hall–Kier alpha value is -3.31. The number of nitro benzene ring substituents is 1. The third-order valence-electron chi connectivity index (χ3n) is 5.16. The van der Waals surface area contributed by atoms with Crippen molar-refractivity contribution in [3.05, 3.63) is 71.7 Å².